The topological polar surface area (TPSA) is 43.4 Å². The van der Waals surface area contributed by atoms with Crippen LogP contribution in [0.3, 0.4) is 0 Å². The van der Waals surface area contributed by atoms with Gasteiger partial charge in [-0.3, -0.25) is 9.59 Å². The van der Waals surface area contributed by atoms with E-state index in [9.17, 15) is 9.59 Å². The van der Waals surface area contributed by atoms with Crippen LogP contribution in [0.15, 0.2) is 11.6 Å². The molecule has 0 aromatic carbocycles. The third-order valence-electron chi connectivity index (χ3n) is 5.45. The van der Waals surface area contributed by atoms with Gasteiger partial charge in [-0.15, -0.1) is 0 Å². The van der Waals surface area contributed by atoms with Crippen molar-refractivity contribution in [3.05, 3.63) is 11.6 Å². The molecule has 0 saturated heterocycles. The minimum atomic E-state index is -0.336. The monoisotopic (exact) mass is 264 g/mol. The molecule has 3 unspecified atom stereocenters. The molecule has 3 atom stereocenters. The maximum absolute atomic E-state index is 12.6. The van der Waals surface area contributed by atoms with Gasteiger partial charge in [0.15, 0.2) is 5.78 Å². The third kappa shape index (κ3) is 1.86. The number of ether oxygens (including phenoxy) is 1. The second-order valence-corrected chi connectivity index (χ2v) is 6.64. The van der Waals surface area contributed by atoms with Crippen molar-refractivity contribution >= 4 is 11.8 Å². The second-order valence-electron chi connectivity index (χ2n) is 6.64. The van der Waals surface area contributed by atoms with Gasteiger partial charge in [0.2, 0.25) is 0 Å². The van der Waals surface area contributed by atoms with Gasteiger partial charge >= 0.3 is 5.97 Å². The van der Waals surface area contributed by atoms with Crippen molar-refractivity contribution in [2.75, 3.05) is 6.61 Å². The Balaban J connectivity index is 2.28. The van der Waals surface area contributed by atoms with E-state index in [1.807, 2.05) is 6.08 Å². The van der Waals surface area contributed by atoms with Crippen molar-refractivity contribution in [1.29, 1.82) is 0 Å². The first-order chi connectivity index (χ1) is 8.75. The lowest BCUT2D eigenvalue weighted by atomic mass is 9.70. The molecule has 0 aromatic rings. The van der Waals surface area contributed by atoms with Crippen molar-refractivity contribution in [2.24, 2.45) is 22.7 Å². The van der Waals surface area contributed by atoms with Gasteiger partial charge in [0.1, 0.15) is 0 Å². The Morgan fingerprint density at radius 1 is 1.47 bits per heavy atom. The highest BCUT2D eigenvalue weighted by atomic mass is 16.5. The second kappa shape index (κ2) is 4.46. The molecule has 0 radical (unpaired) electrons. The molecule has 3 nitrogen and oxygen atoms in total. The largest absolute Gasteiger partial charge is 0.466 e. The van der Waals surface area contributed by atoms with E-state index in [0.29, 0.717) is 12.5 Å². The summed E-state index contributed by atoms with van der Waals surface area (Å²) in [6, 6.07) is 0. The zero-order valence-corrected chi connectivity index (χ0v) is 12.6. The molecule has 3 heteroatoms. The standard InChI is InChI=1S/C16H24O3/c1-6-19-14(18)10(2)9-11-12-7-8-16(5,13(11)17)15(12,3)4/h9-10,12H,6-8H2,1-5H3. The summed E-state index contributed by atoms with van der Waals surface area (Å²) in [6.07, 6.45) is 3.86. The van der Waals surface area contributed by atoms with Crippen molar-refractivity contribution in [2.45, 2.75) is 47.5 Å². The predicted molar refractivity (Wildman–Crippen MR) is 73.5 cm³/mol. The fourth-order valence-electron chi connectivity index (χ4n) is 3.73. The highest BCUT2D eigenvalue weighted by molar-refractivity contribution is 6.05. The quantitative estimate of drug-likeness (QED) is 0.581. The number of hydrogen-bond acceptors (Lipinski definition) is 3. The minimum absolute atomic E-state index is 0.00426. The van der Waals surface area contributed by atoms with E-state index in [4.69, 9.17) is 4.74 Å². The van der Waals surface area contributed by atoms with Crippen LogP contribution in [0.5, 0.6) is 0 Å². The van der Waals surface area contributed by atoms with Gasteiger partial charge in [-0.05, 0) is 43.6 Å². The van der Waals surface area contributed by atoms with E-state index >= 15 is 0 Å². The molecule has 2 saturated carbocycles. The SMILES string of the molecule is CCOC(=O)C(C)C=C1C(=O)C2(C)CCC1C2(C)C. The first-order valence-electron chi connectivity index (χ1n) is 7.19. The van der Waals surface area contributed by atoms with E-state index in [2.05, 4.69) is 20.8 Å². The van der Waals surface area contributed by atoms with E-state index in [0.717, 1.165) is 18.4 Å². The van der Waals surface area contributed by atoms with Gasteiger partial charge in [0.25, 0.3) is 0 Å². The van der Waals surface area contributed by atoms with Crippen molar-refractivity contribution < 1.29 is 14.3 Å². The summed E-state index contributed by atoms with van der Waals surface area (Å²) in [4.78, 5) is 24.3. The maximum atomic E-state index is 12.6. The minimum Gasteiger partial charge on any atom is -0.466 e. The molecule has 2 aliphatic rings. The lowest BCUT2D eigenvalue weighted by Crippen LogP contribution is -2.32. The first-order valence-corrected chi connectivity index (χ1v) is 7.19. The van der Waals surface area contributed by atoms with Gasteiger partial charge in [0.05, 0.1) is 12.5 Å². The van der Waals surface area contributed by atoms with Crippen molar-refractivity contribution in [1.82, 2.24) is 0 Å². The van der Waals surface area contributed by atoms with Crippen LogP contribution in [0.4, 0.5) is 0 Å². The predicted octanol–water partition coefficient (Wildman–Crippen LogP) is 3.14. The molecular weight excluding hydrogens is 240 g/mol. The van der Waals surface area contributed by atoms with Crippen LogP contribution in [-0.4, -0.2) is 18.4 Å². The average molecular weight is 264 g/mol. The molecule has 0 N–H and O–H groups in total. The number of allylic oxidation sites excluding steroid dienone is 1. The summed E-state index contributed by atoms with van der Waals surface area (Å²) in [6.45, 7) is 10.4. The lowest BCUT2D eigenvalue weighted by molar-refractivity contribution is -0.145. The van der Waals surface area contributed by atoms with Crippen LogP contribution in [-0.2, 0) is 14.3 Å². The Labute approximate surface area is 115 Å². The molecular formula is C16H24O3. The normalized spacial score (nSPS) is 35.7. The summed E-state index contributed by atoms with van der Waals surface area (Å²) in [5, 5.41) is 0. The fourth-order valence-corrected chi connectivity index (χ4v) is 3.73. The molecule has 2 bridgehead atoms. The smallest absolute Gasteiger partial charge is 0.312 e. The summed E-state index contributed by atoms with van der Waals surface area (Å²) in [5.74, 6) is -0.0436. The third-order valence-corrected chi connectivity index (χ3v) is 5.45. The van der Waals surface area contributed by atoms with Crippen LogP contribution >= 0.6 is 0 Å². The van der Waals surface area contributed by atoms with E-state index < -0.39 is 0 Å². The number of Topliss-reactive ketones (excluding diaryl/α,β-unsaturated/α-hetero) is 1. The van der Waals surface area contributed by atoms with Crippen molar-refractivity contribution in [3.63, 3.8) is 0 Å². The van der Waals surface area contributed by atoms with E-state index in [-0.39, 0.29) is 28.5 Å². The number of ketones is 1. The van der Waals surface area contributed by atoms with Crippen LogP contribution in [0, 0.1) is 22.7 Å². The molecule has 2 rings (SSSR count). The summed E-state index contributed by atoms with van der Waals surface area (Å²) in [5.41, 5.74) is 0.613. The van der Waals surface area contributed by atoms with Crippen molar-refractivity contribution in [3.8, 4) is 0 Å². The summed E-state index contributed by atoms with van der Waals surface area (Å²) < 4.78 is 5.01. The Morgan fingerprint density at radius 2 is 2.11 bits per heavy atom. The number of rotatable bonds is 3. The highest BCUT2D eigenvalue weighted by Gasteiger charge is 2.63. The number of esters is 1. The molecule has 0 aliphatic heterocycles. The number of carbonyl (C=O) groups is 2. The first kappa shape index (κ1) is 14.3. The maximum Gasteiger partial charge on any atom is 0.312 e. The van der Waals surface area contributed by atoms with Crippen LogP contribution in [0.1, 0.15) is 47.5 Å². The van der Waals surface area contributed by atoms with Gasteiger partial charge < -0.3 is 4.74 Å². The fraction of sp³-hybridized carbons (Fsp3) is 0.750. The highest BCUT2D eigenvalue weighted by Crippen LogP contribution is 2.65. The molecule has 0 spiro atoms. The number of fused-ring (bicyclic) bond motifs is 2. The van der Waals surface area contributed by atoms with E-state index in [1.165, 1.54) is 0 Å². The Bertz CT molecular complexity index is 447. The summed E-state index contributed by atoms with van der Waals surface area (Å²) >= 11 is 0. The molecule has 0 amide bonds. The Morgan fingerprint density at radius 3 is 2.58 bits per heavy atom. The molecule has 2 fully saturated rings. The Hall–Kier alpha value is -1.12. The van der Waals surface area contributed by atoms with Gasteiger partial charge in [-0.25, -0.2) is 0 Å². The van der Waals surface area contributed by atoms with Crippen LogP contribution in [0.25, 0.3) is 0 Å². The summed E-state index contributed by atoms with van der Waals surface area (Å²) in [7, 11) is 0. The molecule has 2 aliphatic carbocycles. The number of carbonyl (C=O) groups excluding carboxylic acids is 2. The Kier molecular flexibility index (Phi) is 3.36. The van der Waals surface area contributed by atoms with Gasteiger partial charge in [-0.2, -0.15) is 0 Å². The average Bonchev–Trinajstić information content (AvgIpc) is 2.64. The molecule has 106 valence electrons. The number of hydrogen-bond donors (Lipinski definition) is 0. The molecule has 0 heterocycles. The van der Waals surface area contributed by atoms with Crippen LogP contribution < -0.4 is 0 Å². The van der Waals surface area contributed by atoms with Gasteiger partial charge in [0, 0.05) is 5.41 Å². The lowest BCUT2D eigenvalue weighted by Gasteiger charge is -2.31. The zero-order valence-electron chi connectivity index (χ0n) is 12.6. The molecule has 0 aromatic heterocycles. The van der Waals surface area contributed by atoms with Crippen LogP contribution in [0.2, 0.25) is 0 Å². The van der Waals surface area contributed by atoms with E-state index in [1.54, 1.807) is 13.8 Å². The zero-order chi connectivity index (χ0) is 14.4. The van der Waals surface area contributed by atoms with Gasteiger partial charge in [-0.1, -0.05) is 26.8 Å². The molecule has 19 heavy (non-hydrogen) atoms.